The Hall–Kier alpha value is -2.43. The molecule has 10 heteroatoms. The molecule has 0 saturated carbocycles. The highest BCUT2D eigenvalue weighted by atomic mass is 79.9. The molecule has 3 saturated heterocycles. The highest BCUT2D eigenvalue weighted by Crippen LogP contribution is 2.61. The normalized spacial score (nSPS) is 29.4. The number of aliphatic hydroxyl groups is 1. The molecule has 1 aromatic rings. The maximum absolute atomic E-state index is 14.7. The number of amides is 2. The largest absolute Gasteiger partial charge is 0.466 e. The second-order valence-electron chi connectivity index (χ2n) is 11.1. The molecule has 2 bridgehead atoms. The van der Waals surface area contributed by atoms with Crippen molar-refractivity contribution in [1.29, 1.82) is 0 Å². The van der Waals surface area contributed by atoms with Gasteiger partial charge in [0, 0.05) is 35.8 Å². The quantitative estimate of drug-likeness (QED) is 0.217. The van der Waals surface area contributed by atoms with Crippen molar-refractivity contribution in [3.05, 3.63) is 36.9 Å². The molecule has 1 N–H and O–H groups in total. The molecule has 3 aliphatic heterocycles. The van der Waals surface area contributed by atoms with Crippen LogP contribution in [0.15, 0.2) is 36.9 Å². The first-order chi connectivity index (χ1) is 19.1. The Morgan fingerprint density at radius 1 is 1.23 bits per heavy atom. The number of halogens is 1. The summed E-state index contributed by atoms with van der Waals surface area (Å²) >= 11 is 3.68. The van der Waals surface area contributed by atoms with Crippen molar-refractivity contribution in [2.75, 3.05) is 42.6 Å². The van der Waals surface area contributed by atoms with Crippen LogP contribution >= 0.6 is 15.9 Å². The molecule has 3 heterocycles. The molecule has 7 atom stereocenters. The minimum Gasteiger partial charge on any atom is -0.466 e. The van der Waals surface area contributed by atoms with Crippen LogP contribution in [0.2, 0.25) is 0 Å². The summed E-state index contributed by atoms with van der Waals surface area (Å²) in [5.74, 6) is -3.01. The van der Waals surface area contributed by atoms with Crippen LogP contribution in [-0.2, 0) is 23.9 Å². The number of aliphatic hydroxyl groups excluding tert-OH is 1. The lowest BCUT2D eigenvalue weighted by Gasteiger charge is -2.40. The minimum absolute atomic E-state index is 0.140. The average molecular weight is 621 g/mol. The van der Waals surface area contributed by atoms with Gasteiger partial charge in [-0.15, -0.1) is 6.58 Å². The number of carbonyl (C=O) groups is 3. The molecule has 9 nitrogen and oxygen atoms in total. The van der Waals surface area contributed by atoms with E-state index in [-0.39, 0.29) is 42.3 Å². The van der Waals surface area contributed by atoms with Crippen LogP contribution in [0, 0.1) is 17.8 Å². The first-order valence-electron chi connectivity index (χ1n) is 14.3. The van der Waals surface area contributed by atoms with E-state index < -0.39 is 41.6 Å². The third kappa shape index (κ3) is 4.86. The van der Waals surface area contributed by atoms with Gasteiger partial charge in [0.2, 0.25) is 5.91 Å². The monoisotopic (exact) mass is 619 g/mol. The first-order valence-corrected chi connectivity index (χ1v) is 15.2. The van der Waals surface area contributed by atoms with Crippen LogP contribution in [0.4, 0.5) is 11.4 Å². The number of anilines is 2. The molecular formula is C30H42BrN3O6. The van der Waals surface area contributed by atoms with E-state index in [1.807, 2.05) is 38.1 Å². The van der Waals surface area contributed by atoms with Crippen molar-refractivity contribution in [2.45, 2.75) is 69.7 Å². The molecule has 0 aliphatic carbocycles. The van der Waals surface area contributed by atoms with Crippen LogP contribution in [0.3, 0.4) is 0 Å². The van der Waals surface area contributed by atoms with Crippen LogP contribution in [0.1, 0.15) is 41.0 Å². The fourth-order valence-corrected chi connectivity index (χ4v) is 7.81. The third-order valence-electron chi connectivity index (χ3n) is 8.70. The van der Waals surface area contributed by atoms with E-state index in [4.69, 9.17) is 9.47 Å². The van der Waals surface area contributed by atoms with Gasteiger partial charge in [-0.1, -0.05) is 35.9 Å². The molecule has 1 aromatic carbocycles. The van der Waals surface area contributed by atoms with Gasteiger partial charge in [-0.2, -0.15) is 0 Å². The molecule has 1 spiro atoms. The Morgan fingerprint density at radius 3 is 2.38 bits per heavy atom. The smallest absolute Gasteiger partial charge is 0.312 e. The number of fused-ring (bicyclic) bond motifs is 1. The Bertz CT molecular complexity index is 1110. The van der Waals surface area contributed by atoms with Gasteiger partial charge >= 0.3 is 5.97 Å². The molecule has 0 aromatic heterocycles. The van der Waals surface area contributed by atoms with E-state index in [2.05, 4.69) is 41.3 Å². The number of hydrogen-bond acceptors (Lipinski definition) is 7. The van der Waals surface area contributed by atoms with Gasteiger partial charge in [0.25, 0.3) is 5.91 Å². The second kappa shape index (κ2) is 12.2. The fourth-order valence-electron chi connectivity index (χ4n) is 6.86. The Morgan fingerprint density at radius 2 is 1.85 bits per heavy atom. The third-order valence-corrected chi connectivity index (χ3v) is 9.55. The molecule has 2 amide bonds. The minimum atomic E-state index is -1.23. The van der Waals surface area contributed by atoms with Gasteiger partial charge in [-0.25, -0.2) is 0 Å². The zero-order valence-corrected chi connectivity index (χ0v) is 25.7. The maximum Gasteiger partial charge on any atom is 0.312 e. The number of hydrogen-bond donors (Lipinski definition) is 1. The standard InChI is InChI=1S/C30H42BrN3O6/c1-7-15-33(20-13-11-19(12-14-20)32(8-2)9-3)28(37)26-30-16-21(31)25(40-30)23(29(38)39-10-4)24(30)27(36)34(26)22(17-35)18(5)6/h7,11-14,18,21-26,35H,1,8-10,15-17H2,2-6H3/t21?,22-,23-,24-,25-,26?,30?/m0/s1. The molecular weight excluding hydrogens is 578 g/mol. The lowest BCUT2D eigenvalue weighted by molar-refractivity contribution is -0.155. The molecule has 3 fully saturated rings. The van der Waals surface area contributed by atoms with Gasteiger partial charge in [-0.05, 0) is 57.4 Å². The summed E-state index contributed by atoms with van der Waals surface area (Å²) < 4.78 is 11.9. The number of esters is 1. The number of alkyl halides is 1. The molecule has 40 heavy (non-hydrogen) atoms. The molecule has 220 valence electrons. The number of ether oxygens (including phenoxy) is 2. The van der Waals surface area contributed by atoms with Crippen LogP contribution in [0.25, 0.3) is 0 Å². The Labute approximate surface area is 245 Å². The summed E-state index contributed by atoms with van der Waals surface area (Å²) in [5, 5.41) is 10.4. The highest BCUT2D eigenvalue weighted by molar-refractivity contribution is 9.09. The van der Waals surface area contributed by atoms with E-state index in [1.165, 1.54) is 4.90 Å². The van der Waals surface area contributed by atoms with E-state index in [9.17, 15) is 19.5 Å². The van der Waals surface area contributed by atoms with Crippen molar-refractivity contribution in [2.24, 2.45) is 17.8 Å². The molecule has 0 radical (unpaired) electrons. The van der Waals surface area contributed by atoms with E-state index in [0.717, 1.165) is 18.8 Å². The van der Waals surface area contributed by atoms with Gasteiger partial charge in [-0.3, -0.25) is 14.4 Å². The second-order valence-corrected chi connectivity index (χ2v) is 12.3. The topological polar surface area (TPSA) is 99.6 Å². The summed E-state index contributed by atoms with van der Waals surface area (Å²) in [6.07, 6.45) is 1.45. The van der Waals surface area contributed by atoms with Gasteiger partial charge in [0.05, 0.1) is 37.2 Å². The van der Waals surface area contributed by atoms with Crippen LogP contribution in [0.5, 0.6) is 0 Å². The zero-order valence-electron chi connectivity index (χ0n) is 24.1. The van der Waals surface area contributed by atoms with Crippen molar-refractivity contribution >= 4 is 45.1 Å². The molecule has 4 rings (SSSR count). The van der Waals surface area contributed by atoms with Crippen LogP contribution in [-0.4, -0.2) is 89.3 Å². The van der Waals surface area contributed by atoms with E-state index in [1.54, 1.807) is 17.9 Å². The van der Waals surface area contributed by atoms with Gasteiger partial charge in [0.1, 0.15) is 11.6 Å². The summed E-state index contributed by atoms with van der Waals surface area (Å²) in [6, 6.07) is 6.11. The number of benzene rings is 1. The summed E-state index contributed by atoms with van der Waals surface area (Å²) in [5.41, 5.74) is 0.490. The van der Waals surface area contributed by atoms with Crippen molar-refractivity contribution in [3.63, 3.8) is 0 Å². The summed E-state index contributed by atoms with van der Waals surface area (Å²) in [7, 11) is 0. The SMILES string of the molecule is C=CCN(C(=O)C1N([C@@H](CO)C(C)C)C(=O)[C@@H]2[C@H](C(=O)OCC)[C@H]3OC12CC3Br)c1ccc(N(CC)CC)cc1. The maximum atomic E-state index is 14.7. The van der Waals surface area contributed by atoms with Gasteiger partial charge in [0.15, 0.2) is 0 Å². The zero-order chi connectivity index (χ0) is 29.4. The number of carbonyl (C=O) groups excluding carboxylic acids is 3. The average Bonchev–Trinajstić information content (AvgIpc) is 3.52. The van der Waals surface area contributed by atoms with E-state index >= 15 is 0 Å². The predicted octanol–water partition coefficient (Wildman–Crippen LogP) is 3.38. The van der Waals surface area contributed by atoms with Crippen molar-refractivity contribution < 1.29 is 29.0 Å². The van der Waals surface area contributed by atoms with Crippen LogP contribution < -0.4 is 9.80 Å². The molecule has 3 unspecified atom stereocenters. The summed E-state index contributed by atoms with van der Waals surface area (Å²) in [4.78, 5) is 47.2. The Kier molecular flexibility index (Phi) is 9.31. The summed E-state index contributed by atoms with van der Waals surface area (Å²) in [6.45, 7) is 15.4. The van der Waals surface area contributed by atoms with Crippen molar-refractivity contribution in [1.82, 2.24) is 4.90 Å². The van der Waals surface area contributed by atoms with Gasteiger partial charge < -0.3 is 29.3 Å². The number of likely N-dealkylation sites (tertiary alicyclic amines) is 1. The lowest BCUT2D eigenvalue weighted by atomic mass is 9.70. The molecule has 3 aliphatic rings. The van der Waals surface area contributed by atoms with Crippen molar-refractivity contribution in [3.8, 4) is 0 Å². The number of nitrogens with zero attached hydrogens (tertiary/aromatic N) is 3. The first kappa shape index (κ1) is 30.5. The highest BCUT2D eigenvalue weighted by Gasteiger charge is 2.77. The van der Waals surface area contributed by atoms with E-state index in [0.29, 0.717) is 12.1 Å². The predicted molar refractivity (Wildman–Crippen MR) is 157 cm³/mol. The Balaban J connectivity index is 1.81. The lowest BCUT2D eigenvalue weighted by Crippen LogP contribution is -2.60. The number of rotatable bonds is 12. The fraction of sp³-hybridized carbons (Fsp3) is 0.633.